The molecule has 1 unspecified atom stereocenters. The summed E-state index contributed by atoms with van der Waals surface area (Å²) in [5.74, 6) is 0. The highest BCUT2D eigenvalue weighted by Gasteiger charge is 2.29. The van der Waals surface area contributed by atoms with Gasteiger partial charge in [0.25, 0.3) is 0 Å². The minimum Gasteiger partial charge on any atom is -0.448 e. The number of nitrogens with two attached hydrogens (primary N) is 1. The fourth-order valence-electron chi connectivity index (χ4n) is 1.32. The Morgan fingerprint density at radius 3 is 2.45 bits per heavy atom. The fraction of sp³-hybridized carbons (Fsp3) is 1.00. The van der Waals surface area contributed by atoms with Crippen molar-refractivity contribution < 1.29 is 12.9 Å². The molecule has 0 aromatic rings. The largest absolute Gasteiger partial charge is 0.492 e. The third kappa shape index (κ3) is 3.11. The van der Waals surface area contributed by atoms with Crippen molar-refractivity contribution in [3.63, 3.8) is 0 Å². The Bertz CT molecular complexity index is 138. The molecule has 1 rings (SSSR count). The van der Waals surface area contributed by atoms with E-state index in [-0.39, 0.29) is 6.04 Å². The lowest BCUT2D eigenvalue weighted by atomic mass is 9.91. The molecule has 1 atom stereocenters. The summed E-state index contributed by atoms with van der Waals surface area (Å²) in [5.41, 5.74) is 5.44. The second-order valence-corrected chi connectivity index (χ2v) is 3.02. The molecule has 11 heavy (non-hydrogen) atoms. The van der Waals surface area contributed by atoms with E-state index in [2.05, 4.69) is 0 Å². The van der Waals surface area contributed by atoms with Crippen LogP contribution in [0.4, 0.5) is 12.9 Å². The number of hydrogen-bond donors (Lipinski definition) is 1. The third-order valence-electron chi connectivity index (χ3n) is 1.77. The normalized spacial score (nSPS) is 27.8. The Hall–Kier alpha value is -0.225. The first-order valence-corrected chi connectivity index (χ1v) is 3.66. The zero-order chi connectivity index (χ0) is 8.48. The number of rotatable bonds is 2. The van der Waals surface area contributed by atoms with Gasteiger partial charge in [0, 0.05) is 12.6 Å². The van der Waals surface area contributed by atoms with Gasteiger partial charge < -0.3 is 23.6 Å². The van der Waals surface area contributed by atoms with Crippen LogP contribution in [0.15, 0.2) is 0 Å². The molecule has 0 spiro atoms. The van der Waals surface area contributed by atoms with E-state index in [1.165, 1.54) is 4.90 Å². The van der Waals surface area contributed by atoms with Gasteiger partial charge in [-0.3, -0.25) is 0 Å². The molecule has 2 N–H and O–H groups in total. The van der Waals surface area contributed by atoms with Crippen LogP contribution in [0.3, 0.4) is 0 Å². The van der Waals surface area contributed by atoms with Gasteiger partial charge in [-0.15, -0.1) is 0 Å². The Morgan fingerprint density at radius 2 is 2.09 bits per heavy atom. The van der Waals surface area contributed by atoms with Gasteiger partial charge in [-0.05, 0) is 19.4 Å². The van der Waals surface area contributed by atoms with E-state index in [4.69, 9.17) is 5.73 Å². The Balaban J connectivity index is 2.29. The molecule has 6 heteroatoms. The highest BCUT2D eigenvalue weighted by molar-refractivity contribution is 6.58. The molecular weight excluding hydrogens is 156 g/mol. The molecule has 0 radical (unpaired) electrons. The molecule has 0 saturated carbocycles. The Labute approximate surface area is 63.6 Å². The zero-order valence-corrected chi connectivity index (χ0v) is 6.14. The summed E-state index contributed by atoms with van der Waals surface area (Å²) in [5, 5.41) is 0. The predicted octanol–water partition coefficient (Wildman–Crippen LogP) is 0.406. The lowest BCUT2D eigenvalue weighted by Crippen LogP contribution is -2.37. The van der Waals surface area contributed by atoms with Crippen LogP contribution in [-0.2, 0) is 0 Å². The molecule has 1 fully saturated rings. The number of likely N-dealkylation sites (tertiary alicyclic amines) is 1. The van der Waals surface area contributed by atoms with Crippen LogP contribution in [0, 0.1) is 0 Å². The number of hydrogen-bond acceptors (Lipinski definition) is 2. The Kier molecular flexibility index (Phi) is 2.44. The van der Waals surface area contributed by atoms with Crippen LogP contribution in [0.1, 0.15) is 6.42 Å². The van der Waals surface area contributed by atoms with E-state index in [9.17, 15) is 12.9 Å². The first-order valence-electron chi connectivity index (χ1n) is 3.66. The molecule has 0 aromatic carbocycles. The molecule has 0 aromatic heterocycles. The molecule has 2 nitrogen and oxygen atoms in total. The molecule has 0 aliphatic carbocycles. The first-order chi connectivity index (χ1) is 4.97. The Morgan fingerprint density at radius 1 is 1.45 bits per heavy atom. The van der Waals surface area contributed by atoms with Gasteiger partial charge in [0.15, 0.2) is 0 Å². The summed E-state index contributed by atoms with van der Waals surface area (Å²) in [6.07, 6.45) is -0.0696. The van der Waals surface area contributed by atoms with E-state index in [0.717, 1.165) is 0 Å². The van der Waals surface area contributed by atoms with Crippen LogP contribution >= 0.6 is 0 Å². The molecule has 0 bridgehead atoms. The molecule has 1 aliphatic rings. The van der Waals surface area contributed by atoms with E-state index >= 15 is 0 Å². The second kappa shape index (κ2) is 3.02. The lowest BCUT2D eigenvalue weighted by Gasteiger charge is -2.22. The molecule has 66 valence electrons. The van der Waals surface area contributed by atoms with E-state index < -0.39 is 13.4 Å². The van der Waals surface area contributed by atoms with Crippen molar-refractivity contribution in [1.29, 1.82) is 0 Å². The van der Waals surface area contributed by atoms with Crippen LogP contribution in [0.25, 0.3) is 0 Å². The van der Waals surface area contributed by atoms with E-state index in [0.29, 0.717) is 19.5 Å². The van der Waals surface area contributed by atoms with Gasteiger partial charge in [0.1, 0.15) is 0 Å². The summed E-state index contributed by atoms with van der Waals surface area (Å²) in [6.45, 7) is -3.79. The van der Waals surface area contributed by atoms with Gasteiger partial charge in [0.05, 0.1) is 0 Å². The molecule has 1 aliphatic heterocycles. The predicted molar refractivity (Wildman–Crippen MR) is 38.1 cm³/mol. The maximum absolute atomic E-state index is 11.8. The summed E-state index contributed by atoms with van der Waals surface area (Å²) < 4.78 is 35.4. The number of halogens is 3. The summed E-state index contributed by atoms with van der Waals surface area (Å²) in [4.78, 5) is 1.37. The third-order valence-corrected chi connectivity index (χ3v) is 1.77. The summed E-state index contributed by atoms with van der Waals surface area (Å²) in [7, 11) is 0. The van der Waals surface area contributed by atoms with Crippen LogP contribution in [0.2, 0.25) is 0 Å². The van der Waals surface area contributed by atoms with Crippen LogP contribution in [-0.4, -0.2) is 37.5 Å². The molecule has 0 amide bonds. The molecular formula is C5H11BF3N2-. The second-order valence-electron chi connectivity index (χ2n) is 3.02. The van der Waals surface area contributed by atoms with Crippen molar-refractivity contribution in [1.82, 2.24) is 4.90 Å². The fourth-order valence-corrected chi connectivity index (χ4v) is 1.32. The van der Waals surface area contributed by atoms with Crippen LogP contribution < -0.4 is 5.73 Å². The average Bonchev–Trinajstić information content (AvgIpc) is 2.10. The van der Waals surface area contributed by atoms with Crippen molar-refractivity contribution in [2.24, 2.45) is 5.73 Å². The molecule has 1 saturated heterocycles. The molecule has 1 heterocycles. The zero-order valence-electron chi connectivity index (χ0n) is 6.14. The number of nitrogens with zero attached hydrogens (tertiary/aromatic N) is 1. The standard InChI is InChI=1S/C5H11BF3N2/c7-6(8,9)4-11-2-1-5(10)3-11/h5H,1-4,10H2/q-1. The summed E-state index contributed by atoms with van der Waals surface area (Å²) in [6, 6.07) is -0.0619. The maximum atomic E-state index is 11.8. The van der Waals surface area contributed by atoms with Crippen molar-refractivity contribution in [2.45, 2.75) is 12.5 Å². The van der Waals surface area contributed by atoms with Crippen LogP contribution in [0.5, 0.6) is 0 Å². The highest BCUT2D eigenvalue weighted by Crippen LogP contribution is 2.14. The van der Waals surface area contributed by atoms with Crippen molar-refractivity contribution in [2.75, 3.05) is 19.5 Å². The monoisotopic (exact) mass is 167 g/mol. The van der Waals surface area contributed by atoms with E-state index in [1.54, 1.807) is 0 Å². The minimum atomic E-state index is -4.67. The quantitative estimate of drug-likeness (QED) is 0.603. The lowest BCUT2D eigenvalue weighted by molar-refractivity contribution is 0.328. The average molecular weight is 167 g/mol. The first kappa shape index (κ1) is 8.87. The topological polar surface area (TPSA) is 29.3 Å². The van der Waals surface area contributed by atoms with Gasteiger partial charge in [-0.25, -0.2) is 0 Å². The summed E-state index contributed by atoms with van der Waals surface area (Å²) >= 11 is 0. The minimum absolute atomic E-state index is 0.0619. The van der Waals surface area contributed by atoms with Crippen molar-refractivity contribution >= 4 is 6.98 Å². The van der Waals surface area contributed by atoms with Crippen molar-refractivity contribution in [3.8, 4) is 0 Å². The van der Waals surface area contributed by atoms with E-state index in [1.807, 2.05) is 0 Å². The van der Waals surface area contributed by atoms with Gasteiger partial charge in [-0.1, -0.05) is 0 Å². The van der Waals surface area contributed by atoms with Crippen molar-refractivity contribution in [3.05, 3.63) is 0 Å². The SMILES string of the molecule is NC1CCN(C[B-](F)(F)F)C1. The van der Waals surface area contributed by atoms with Gasteiger partial charge >= 0.3 is 6.98 Å². The van der Waals surface area contributed by atoms with Gasteiger partial charge in [0.2, 0.25) is 0 Å². The van der Waals surface area contributed by atoms with Gasteiger partial charge in [-0.2, -0.15) is 0 Å². The highest BCUT2D eigenvalue weighted by atomic mass is 19.4. The smallest absolute Gasteiger partial charge is 0.448 e. The maximum Gasteiger partial charge on any atom is 0.492 e.